The number of benzene rings is 2. The summed E-state index contributed by atoms with van der Waals surface area (Å²) in [6.45, 7) is 2.97. The van der Waals surface area contributed by atoms with Crippen LogP contribution in [0.3, 0.4) is 0 Å². The van der Waals surface area contributed by atoms with Crippen molar-refractivity contribution in [3.8, 4) is 5.75 Å². The van der Waals surface area contributed by atoms with E-state index in [1.807, 2.05) is 37.3 Å². The van der Waals surface area contributed by atoms with Crippen molar-refractivity contribution in [1.82, 2.24) is 5.32 Å². The van der Waals surface area contributed by atoms with E-state index in [1.165, 1.54) is 0 Å². The number of hydrogen-bond acceptors (Lipinski definition) is 2. The van der Waals surface area contributed by atoms with Gasteiger partial charge in [0.05, 0.1) is 16.7 Å². The van der Waals surface area contributed by atoms with Gasteiger partial charge in [-0.3, -0.25) is 4.79 Å². The zero-order valence-corrected chi connectivity index (χ0v) is 13.7. The van der Waals surface area contributed by atoms with Crippen LogP contribution in [-0.4, -0.2) is 12.5 Å². The van der Waals surface area contributed by atoms with E-state index < -0.39 is 0 Å². The van der Waals surface area contributed by atoms with E-state index in [4.69, 9.17) is 27.9 Å². The van der Waals surface area contributed by atoms with Gasteiger partial charge in [0, 0.05) is 12.1 Å². The SMILES string of the molecule is CCCOc1c(Cl)cc(C(=O)NCc2ccccc2)cc1Cl. The largest absolute Gasteiger partial charge is 0.490 e. The normalized spacial score (nSPS) is 10.3. The number of rotatable bonds is 6. The van der Waals surface area contributed by atoms with Crippen molar-refractivity contribution in [3.63, 3.8) is 0 Å². The molecule has 2 aromatic rings. The zero-order chi connectivity index (χ0) is 15.9. The third kappa shape index (κ3) is 4.39. The summed E-state index contributed by atoms with van der Waals surface area (Å²) in [4.78, 5) is 12.2. The quantitative estimate of drug-likeness (QED) is 0.828. The number of nitrogens with one attached hydrogen (secondary N) is 1. The number of hydrogen-bond donors (Lipinski definition) is 1. The Balaban J connectivity index is 2.07. The maximum Gasteiger partial charge on any atom is 0.251 e. The molecule has 1 N–H and O–H groups in total. The van der Waals surface area contributed by atoms with E-state index in [1.54, 1.807) is 12.1 Å². The number of amides is 1. The van der Waals surface area contributed by atoms with Gasteiger partial charge < -0.3 is 10.1 Å². The highest BCUT2D eigenvalue weighted by atomic mass is 35.5. The monoisotopic (exact) mass is 337 g/mol. The van der Waals surface area contributed by atoms with Crippen molar-refractivity contribution in [1.29, 1.82) is 0 Å². The Morgan fingerprint density at radius 3 is 2.36 bits per heavy atom. The van der Waals surface area contributed by atoms with Gasteiger partial charge in [0.25, 0.3) is 5.91 Å². The van der Waals surface area contributed by atoms with Crippen LogP contribution in [0.15, 0.2) is 42.5 Å². The first-order valence-electron chi connectivity index (χ1n) is 7.05. The van der Waals surface area contributed by atoms with E-state index in [-0.39, 0.29) is 5.91 Å². The van der Waals surface area contributed by atoms with Crippen LogP contribution in [0.4, 0.5) is 0 Å². The predicted molar refractivity (Wildman–Crippen MR) is 89.9 cm³/mol. The lowest BCUT2D eigenvalue weighted by atomic mass is 10.2. The van der Waals surface area contributed by atoms with Crippen LogP contribution in [-0.2, 0) is 6.54 Å². The molecule has 2 aromatic carbocycles. The lowest BCUT2D eigenvalue weighted by Gasteiger charge is -2.11. The van der Waals surface area contributed by atoms with E-state index in [2.05, 4.69) is 5.32 Å². The first-order valence-corrected chi connectivity index (χ1v) is 7.81. The minimum atomic E-state index is -0.227. The molecule has 0 fully saturated rings. The molecule has 0 atom stereocenters. The van der Waals surface area contributed by atoms with Crippen molar-refractivity contribution in [2.75, 3.05) is 6.61 Å². The van der Waals surface area contributed by atoms with Crippen LogP contribution < -0.4 is 10.1 Å². The minimum Gasteiger partial charge on any atom is -0.490 e. The van der Waals surface area contributed by atoms with Crippen LogP contribution >= 0.6 is 23.2 Å². The summed E-state index contributed by atoms with van der Waals surface area (Å²) in [6.07, 6.45) is 0.853. The molecule has 0 spiro atoms. The molecular formula is C17H17Cl2NO2. The Morgan fingerprint density at radius 1 is 1.14 bits per heavy atom. The molecule has 0 aliphatic heterocycles. The summed E-state index contributed by atoms with van der Waals surface area (Å²) in [5.74, 6) is 0.194. The highest BCUT2D eigenvalue weighted by molar-refractivity contribution is 6.37. The van der Waals surface area contributed by atoms with E-state index in [0.717, 1.165) is 12.0 Å². The lowest BCUT2D eigenvalue weighted by molar-refractivity contribution is 0.0951. The van der Waals surface area contributed by atoms with Crippen molar-refractivity contribution in [2.45, 2.75) is 19.9 Å². The zero-order valence-electron chi connectivity index (χ0n) is 12.2. The lowest BCUT2D eigenvalue weighted by Crippen LogP contribution is -2.22. The van der Waals surface area contributed by atoms with Gasteiger partial charge >= 0.3 is 0 Å². The molecule has 0 aliphatic carbocycles. The topological polar surface area (TPSA) is 38.3 Å². The van der Waals surface area contributed by atoms with Crippen LogP contribution in [0.25, 0.3) is 0 Å². The minimum absolute atomic E-state index is 0.227. The molecule has 5 heteroatoms. The van der Waals surface area contributed by atoms with Crippen LogP contribution in [0.5, 0.6) is 5.75 Å². The summed E-state index contributed by atoms with van der Waals surface area (Å²) in [5, 5.41) is 3.51. The maximum absolute atomic E-state index is 12.2. The average Bonchev–Trinajstić information content (AvgIpc) is 2.52. The fraction of sp³-hybridized carbons (Fsp3) is 0.235. The molecule has 0 bridgehead atoms. The molecule has 0 saturated carbocycles. The Labute approximate surface area is 140 Å². The van der Waals surface area contributed by atoms with Gasteiger partial charge in [-0.25, -0.2) is 0 Å². The van der Waals surface area contributed by atoms with E-state index in [9.17, 15) is 4.79 Å². The Hall–Kier alpha value is -1.71. The van der Waals surface area contributed by atoms with Crippen LogP contribution in [0.2, 0.25) is 10.0 Å². The van der Waals surface area contributed by atoms with Crippen molar-refractivity contribution < 1.29 is 9.53 Å². The molecule has 0 radical (unpaired) electrons. The predicted octanol–water partition coefficient (Wildman–Crippen LogP) is 4.71. The highest BCUT2D eigenvalue weighted by Gasteiger charge is 2.14. The van der Waals surface area contributed by atoms with Gasteiger partial charge in [-0.15, -0.1) is 0 Å². The Morgan fingerprint density at radius 2 is 1.77 bits per heavy atom. The standard InChI is InChI=1S/C17H17Cl2NO2/c1-2-8-22-16-14(18)9-13(10-15(16)19)17(21)20-11-12-6-4-3-5-7-12/h3-7,9-10H,2,8,11H2,1H3,(H,20,21). The van der Waals surface area contributed by atoms with E-state index >= 15 is 0 Å². The van der Waals surface area contributed by atoms with Gasteiger partial charge in [0.1, 0.15) is 0 Å². The van der Waals surface area contributed by atoms with Crippen molar-refractivity contribution in [2.24, 2.45) is 0 Å². The summed E-state index contributed by atoms with van der Waals surface area (Å²) in [7, 11) is 0. The fourth-order valence-electron chi connectivity index (χ4n) is 1.91. The Kier molecular flexibility index (Phi) is 6.10. The number of ether oxygens (including phenoxy) is 1. The number of halogens is 2. The second-order valence-corrected chi connectivity index (χ2v) is 5.60. The second-order valence-electron chi connectivity index (χ2n) is 4.79. The number of carbonyl (C=O) groups excluding carboxylic acids is 1. The molecule has 22 heavy (non-hydrogen) atoms. The van der Waals surface area contributed by atoms with Crippen LogP contribution in [0.1, 0.15) is 29.3 Å². The average molecular weight is 338 g/mol. The molecule has 0 unspecified atom stereocenters. The highest BCUT2D eigenvalue weighted by Crippen LogP contribution is 2.34. The van der Waals surface area contributed by atoms with Crippen molar-refractivity contribution >= 4 is 29.1 Å². The molecule has 3 nitrogen and oxygen atoms in total. The fourth-order valence-corrected chi connectivity index (χ4v) is 2.51. The molecule has 0 aliphatic rings. The molecule has 1 amide bonds. The molecule has 0 aromatic heterocycles. The third-order valence-corrected chi connectivity index (χ3v) is 3.57. The molecule has 116 valence electrons. The summed E-state index contributed by atoms with van der Waals surface area (Å²) < 4.78 is 5.49. The molecular weight excluding hydrogens is 321 g/mol. The molecule has 2 rings (SSSR count). The van der Waals surface area contributed by atoms with Crippen LogP contribution in [0, 0.1) is 0 Å². The smallest absolute Gasteiger partial charge is 0.251 e. The maximum atomic E-state index is 12.2. The van der Waals surface area contributed by atoms with E-state index in [0.29, 0.717) is 34.5 Å². The first kappa shape index (κ1) is 16.7. The third-order valence-electron chi connectivity index (χ3n) is 3.01. The van der Waals surface area contributed by atoms with Gasteiger partial charge in [0.2, 0.25) is 0 Å². The second kappa shape index (κ2) is 8.06. The molecule has 0 heterocycles. The Bertz CT molecular complexity index is 621. The van der Waals surface area contributed by atoms with Gasteiger partial charge in [0.15, 0.2) is 5.75 Å². The number of carbonyl (C=O) groups is 1. The van der Waals surface area contributed by atoms with Crippen molar-refractivity contribution in [3.05, 3.63) is 63.6 Å². The van der Waals surface area contributed by atoms with Gasteiger partial charge in [-0.1, -0.05) is 60.5 Å². The van der Waals surface area contributed by atoms with Gasteiger partial charge in [-0.05, 0) is 24.1 Å². The van der Waals surface area contributed by atoms with Gasteiger partial charge in [-0.2, -0.15) is 0 Å². The molecule has 0 saturated heterocycles. The summed E-state index contributed by atoms with van der Waals surface area (Å²) >= 11 is 12.3. The summed E-state index contributed by atoms with van der Waals surface area (Å²) in [6, 6.07) is 12.8. The summed E-state index contributed by atoms with van der Waals surface area (Å²) in [5.41, 5.74) is 1.44. The first-order chi connectivity index (χ1) is 10.6.